The minimum atomic E-state index is 0.662. The Balaban J connectivity index is 1.48. The van der Waals surface area contributed by atoms with Gasteiger partial charge in [-0.15, -0.1) is 0 Å². The van der Waals surface area contributed by atoms with Gasteiger partial charge in [0.05, 0.1) is 22.8 Å². The molecule has 2 aliphatic carbocycles. The van der Waals surface area contributed by atoms with E-state index in [9.17, 15) is 5.26 Å². The van der Waals surface area contributed by atoms with Gasteiger partial charge in [0.25, 0.3) is 0 Å². The van der Waals surface area contributed by atoms with Crippen molar-refractivity contribution in [2.75, 3.05) is 38.0 Å². The van der Waals surface area contributed by atoms with E-state index in [2.05, 4.69) is 158 Å². The van der Waals surface area contributed by atoms with Gasteiger partial charge in [-0.25, -0.2) is 0 Å². The summed E-state index contributed by atoms with van der Waals surface area (Å²) in [6.07, 6.45) is 11.4. The molecule has 0 spiro atoms. The predicted octanol–water partition coefficient (Wildman–Crippen LogP) is 9.33. The lowest BCUT2D eigenvalue weighted by Crippen LogP contribution is -2.08. The summed E-state index contributed by atoms with van der Waals surface area (Å²) in [7, 11) is 8.26. The first-order valence-corrected chi connectivity index (χ1v) is 15.8. The minimum absolute atomic E-state index is 0.662. The van der Waals surface area contributed by atoms with Gasteiger partial charge < -0.3 is 14.4 Å². The molecule has 2 aliphatic rings. The van der Waals surface area contributed by atoms with Gasteiger partial charge in [0.2, 0.25) is 0 Å². The van der Waals surface area contributed by atoms with Crippen LogP contribution in [0.2, 0.25) is 0 Å². The third-order valence-electron chi connectivity index (χ3n) is 9.01. The highest BCUT2D eigenvalue weighted by molar-refractivity contribution is 6.02. The standard InChI is InChI=1S/C42H36N4/c1-44(2)35-19-14-30(15-20-35)33-11-8-12-40-38(26-33)39-27-34(31-16-21-36(22-17-31)45(3)4)18-24-42(39)46(40)41-23-13-29(28-43)25-37(41)32-9-6-5-7-10-32/h5-6,9,13-27H,7,10-11H2,1-4H3. The monoisotopic (exact) mass is 596 g/mol. The van der Waals surface area contributed by atoms with Gasteiger partial charge in [-0.1, -0.05) is 54.5 Å². The van der Waals surface area contributed by atoms with Gasteiger partial charge in [0.15, 0.2) is 0 Å². The summed E-state index contributed by atoms with van der Waals surface area (Å²) < 4.78 is 2.32. The van der Waals surface area contributed by atoms with E-state index in [0.717, 1.165) is 46.3 Å². The smallest absolute Gasteiger partial charge is 0.105 e. The first-order chi connectivity index (χ1) is 22.4. The maximum absolute atomic E-state index is 9.83. The molecular formula is C42H36N4. The highest BCUT2D eigenvalue weighted by Gasteiger charge is 2.22. The second kappa shape index (κ2) is 12.0. The van der Waals surface area contributed by atoms with E-state index in [1.165, 1.54) is 39.2 Å². The third-order valence-corrected chi connectivity index (χ3v) is 9.01. The van der Waals surface area contributed by atoms with Crippen LogP contribution in [0, 0.1) is 23.2 Å². The summed E-state index contributed by atoms with van der Waals surface area (Å²) in [6.45, 7) is 0. The van der Waals surface area contributed by atoms with Crippen LogP contribution in [0.1, 0.15) is 47.2 Å². The van der Waals surface area contributed by atoms with Crippen molar-refractivity contribution in [2.45, 2.75) is 19.3 Å². The zero-order chi connectivity index (χ0) is 31.8. The van der Waals surface area contributed by atoms with Crippen LogP contribution in [-0.2, 0) is 0 Å². The molecule has 0 atom stereocenters. The lowest BCUT2D eigenvalue weighted by atomic mass is 9.94. The Morgan fingerprint density at radius 2 is 1.46 bits per heavy atom. The van der Waals surface area contributed by atoms with E-state index in [4.69, 9.17) is 0 Å². The number of nitrogens with zero attached hydrogens (tertiary/aromatic N) is 4. The molecule has 0 saturated carbocycles. The molecule has 0 fully saturated rings. The van der Waals surface area contributed by atoms with E-state index >= 15 is 0 Å². The Bertz CT molecular complexity index is 2170. The van der Waals surface area contributed by atoms with Crippen molar-refractivity contribution < 1.29 is 0 Å². The fourth-order valence-corrected chi connectivity index (χ4v) is 6.46. The van der Waals surface area contributed by atoms with Gasteiger partial charge >= 0.3 is 0 Å². The summed E-state index contributed by atoms with van der Waals surface area (Å²) in [5, 5.41) is 11.0. The Labute approximate surface area is 271 Å². The van der Waals surface area contributed by atoms with Crippen LogP contribution in [0.3, 0.4) is 0 Å². The van der Waals surface area contributed by atoms with Crippen LogP contribution >= 0.6 is 0 Å². The number of fused-ring (bicyclic) bond motifs is 3. The molecule has 46 heavy (non-hydrogen) atoms. The molecule has 0 unspecified atom stereocenters. The topological polar surface area (TPSA) is 35.2 Å². The van der Waals surface area contributed by atoms with Crippen LogP contribution in [0.15, 0.2) is 103 Å². The van der Waals surface area contributed by atoms with Crippen molar-refractivity contribution >= 4 is 39.5 Å². The van der Waals surface area contributed by atoms with Crippen LogP contribution in [0.4, 0.5) is 11.4 Å². The summed E-state index contributed by atoms with van der Waals surface area (Å²) >= 11 is 0. The first-order valence-electron chi connectivity index (χ1n) is 15.8. The first kappa shape index (κ1) is 29.0. The molecular weight excluding hydrogens is 560 g/mol. The molecule has 0 radical (unpaired) electrons. The van der Waals surface area contributed by atoms with E-state index < -0.39 is 0 Å². The van der Waals surface area contributed by atoms with Crippen molar-refractivity contribution in [1.82, 2.24) is 4.57 Å². The normalized spacial score (nSPS) is 13.5. The minimum Gasteiger partial charge on any atom is -0.378 e. The highest BCUT2D eigenvalue weighted by atomic mass is 15.1. The third kappa shape index (κ3) is 5.29. The molecule has 224 valence electrons. The lowest BCUT2D eigenvalue weighted by molar-refractivity contribution is 1.03. The fourth-order valence-electron chi connectivity index (χ4n) is 6.46. The van der Waals surface area contributed by atoms with Gasteiger partial charge in [-0.2, -0.15) is 5.26 Å². The Hall–Kier alpha value is -5.71. The van der Waals surface area contributed by atoms with Crippen LogP contribution in [0.5, 0.6) is 0 Å². The number of hydrogen-bond donors (Lipinski definition) is 0. The molecule has 0 amide bonds. The van der Waals surface area contributed by atoms with E-state index in [1.54, 1.807) is 0 Å². The predicted molar refractivity (Wildman–Crippen MR) is 194 cm³/mol. The molecule has 0 saturated heterocycles. The Morgan fingerprint density at radius 1 is 0.761 bits per heavy atom. The van der Waals surface area contributed by atoms with Crippen LogP contribution in [-0.4, -0.2) is 32.8 Å². The maximum Gasteiger partial charge on any atom is 0.105 e. The number of allylic oxidation sites excluding steroid dienone is 5. The summed E-state index contributed by atoms with van der Waals surface area (Å²) in [5.74, 6) is 7.11. The van der Waals surface area contributed by atoms with Crippen molar-refractivity contribution in [3.8, 4) is 34.7 Å². The fraction of sp³-hybridized carbons (Fsp3) is 0.167. The van der Waals surface area contributed by atoms with Crippen molar-refractivity contribution in [1.29, 1.82) is 5.26 Å². The SMILES string of the molecule is CN(C)c1ccc(C2=Cc3c(n(-c4ccc(C#N)cc4C4=CC=CCC4)c4ccc(-c5ccc(N(C)C)cc5)cc34)C#CC2)cc1. The zero-order valence-corrected chi connectivity index (χ0v) is 26.8. The van der Waals surface area contributed by atoms with E-state index in [1.807, 2.05) is 12.1 Å². The number of hydrogen-bond acceptors (Lipinski definition) is 3. The number of aromatic nitrogens is 1. The molecule has 4 nitrogen and oxygen atoms in total. The number of benzene rings is 4. The summed E-state index contributed by atoms with van der Waals surface area (Å²) in [5.41, 5.74) is 14.3. The van der Waals surface area contributed by atoms with Crippen molar-refractivity contribution in [2.24, 2.45) is 0 Å². The summed E-state index contributed by atoms with van der Waals surface area (Å²) in [4.78, 5) is 4.24. The summed E-state index contributed by atoms with van der Waals surface area (Å²) in [6, 6.07) is 32.7. The van der Waals surface area contributed by atoms with Gasteiger partial charge in [-0.3, -0.25) is 0 Å². The van der Waals surface area contributed by atoms with Crippen LogP contribution in [0.25, 0.3) is 44.9 Å². The molecule has 7 rings (SSSR count). The van der Waals surface area contributed by atoms with E-state index in [-0.39, 0.29) is 0 Å². The lowest BCUT2D eigenvalue weighted by Gasteiger charge is -2.18. The van der Waals surface area contributed by atoms with Gasteiger partial charge in [-0.05, 0) is 107 Å². The Kier molecular flexibility index (Phi) is 7.57. The maximum atomic E-state index is 9.83. The number of nitriles is 1. The number of rotatable bonds is 6. The quantitative estimate of drug-likeness (QED) is 0.183. The highest BCUT2D eigenvalue weighted by Crippen LogP contribution is 2.40. The second-order valence-electron chi connectivity index (χ2n) is 12.4. The van der Waals surface area contributed by atoms with Gasteiger partial charge in [0.1, 0.15) is 5.69 Å². The molecule has 0 N–H and O–H groups in total. The largest absolute Gasteiger partial charge is 0.378 e. The Morgan fingerprint density at radius 3 is 2.11 bits per heavy atom. The van der Waals surface area contributed by atoms with Crippen LogP contribution < -0.4 is 9.80 Å². The molecule has 1 heterocycles. The molecule has 5 aromatic rings. The molecule has 4 heteroatoms. The molecule has 0 bridgehead atoms. The molecule has 4 aromatic carbocycles. The van der Waals surface area contributed by atoms with E-state index in [0.29, 0.717) is 12.0 Å². The average Bonchev–Trinajstić information content (AvgIpc) is 3.22. The van der Waals surface area contributed by atoms with Crippen molar-refractivity contribution in [3.63, 3.8) is 0 Å². The van der Waals surface area contributed by atoms with Crippen molar-refractivity contribution in [3.05, 3.63) is 131 Å². The average molecular weight is 597 g/mol. The zero-order valence-electron chi connectivity index (χ0n) is 26.8. The van der Waals surface area contributed by atoms with Gasteiger partial charge in [0, 0.05) is 62.5 Å². The molecule has 1 aromatic heterocycles. The molecule has 0 aliphatic heterocycles. The number of anilines is 2. The second-order valence-corrected chi connectivity index (χ2v) is 12.4.